The third kappa shape index (κ3) is 20.9. The van der Waals surface area contributed by atoms with Crippen LogP contribution in [0.25, 0.3) is 0 Å². The van der Waals surface area contributed by atoms with Gasteiger partial charge in [0, 0.05) is 0 Å². The Morgan fingerprint density at radius 2 is 0.833 bits per heavy atom. The number of unbranched alkanes of at least 4 members (excludes halogenated alkanes) is 23. The molecule has 0 aliphatic rings. The average Bonchev–Trinajstić information content (AvgIpc) is 2.99. The number of carboxylic acids is 1. The van der Waals surface area contributed by atoms with E-state index in [1.807, 2.05) is 0 Å². The molecule has 0 amide bonds. The first-order valence-electron chi connectivity index (χ1n) is 18.1. The van der Waals surface area contributed by atoms with Gasteiger partial charge in [-0.15, -0.1) is 0 Å². The highest BCUT2D eigenvalue weighted by molar-refractivity contribution is 6.02. The molecule has 242 valence electrons. The van der Waals surface area contributed by atoms with Gasteiger partial charge in [0.15, 0.2) is 0 Å². The van der Waals surface area contributed by atoms with Gasteiger partial charge in [0.1, 0.15) is 6.10 Å². The molecule has 4 heteroatoms. The van der Waals surface area contributed by atoms with Crippen LogP contribution < -0.4 is 0 Å². The van der Waals surface area contributed by atoms with Gasteiger partial charge in [-0.1, -0.05) is 174 Å². The van der Waals surface area contributed by atoms with Crippen molar-refractivity contribution >= 4 is 11.9 Å². The van der Waals surface area contributed by atoms with Crippen molar-refractivity contribution in [1.82, 2.24) is 0 Å². The van der Waals surface area contributed by atoms with Gasteiger partial charge < -0.3 is 9.84 Å². The van der Waals surface area contributed by atoms with Gasteiger partial charge >= 0.3 is 11.9 Å². The van der Waals surface area contributed by atoms with Gasteiger partial charge in [-0.25, -0.2) is 9.59 Å². The summed E-state index contributed by atoms with van der Waals surface area (Å²) in [4.78, 5) is 24.5. The number of hydrogen-bond acceptors (Lipinski definition) is 3. The Morgan fingerprint density at radius 1 is 0.524 bits per heavy atom. The predicted molar refractivity (Wildman–Crippen MR) is 179 cm³/mol. The van der Waals surface area contributed by atoms with Crippen LogP contribution in [0.3, 0.4) is 0 Å². The zero-order valence-electron chi connectivity index (χ0n) is 27.7. The fraction of sp³-hybridized carbons (Fsp3) is 0.789. The van der Waals surface area contributed by atoms with Gasteiger partial charge in [0.2, 0.25) is 0 Å². The minimum absolute atomic E-state index is 0.0205. The molecule has 0 radical (unpaired) electrons. The van der Waals surface area contributed by atoms with Crippen molar-refractivity contribution in [2.24, 2.45) is 0 Å². The largest absolute Gasteiger partial charge is 0.478 e. The van der Waals surface area contributed by atoms with Crippen LogP contribution in [0.15, 0.2) is 24.3 Å². The van der Waals surface area contributed by atoms with E-state index in [0.29, 0.717) is 0 Å². The topological polar surface area (TPSA) is 63.6 Å². The molecule has 1 aromatic carbocycles. The lowest BCUT2D eigenvalue weighted by Crippen LogP contribution is -2.20. The maximum absolute atomic E-state index is 12.9. The summed E-state index contributed by atoms with van der Waals surface area (Å²) >= 11 is 0. The molecule has 0 aliphatic heterocycles. The van der Waals surface area contributed by atoms with E-state index in [0.717, 1.165) is 25.7 Å². The maximum Gasteiger partial charge on any atom is 0.339 e. The van der Waals surface area contributed by atoms with E-state index in [-0.39, 0.29) is 17.2 Å². The molecule has 0 aromatic heterocycles. The lowest BCUT2D eigenvalue weighted by atomic mass is 10.0. The molecule has 1 rings (SSSR count). The summed E-state index contributed by atoms with van der Waals surface area (Å²) in [6.45, 7) is 4.54. The van der Waals surface area contributed by atoms with Gasteiger partial charge in [-0.05, 0) is 37.8 Å². The Balaban J connectivity index is 2.29. The summed E-state index contributed by atoms with van der Waals surface area (Å²) in [5, 5.41) is 9.50. The summed E-state index contributed by atoms with van der Waals surface area (Å²) in [5.41, 5.74) is 0.182. The van der Waals surface area contributed by atoms with Gasteiger partial charge in [-0.3, -0.25) is 0 Å². The van der Waals surface area contributed by atoms with Crippen LogP contribution in [0.2, 0.25) is 0 Å². The molecule has 0 saturated carbocycles. The molecule has 0 bridgehead atoms. The Hall–Kier alpha value is -1.84. The predicted octanol–water partition coefficient (Wildman–Crippen LogP) is 12.5. The van der Waals surface area contributed by atoms with Crippen LogP contribution in [-0.4, -0.2) is 23.1 Å². The second-order valence-corrected chi connectivity index (χ2v) is 12.6. The molecule has 0 saturated heterocycles. The van der Waals surface area contributed by atoms with Crippen molar-refractivity contribution in [2.75, 3.05) is 0 Å². The summed E-state index contributed by atoms with van der Waals surface area (Å²) in [7, 11) is 0. The van der Waals surface area contributed by atoms with E-state index in [2.05, 4.69) is 13.8 Å². The van der Waals surface area contributed by atoms with Crippen LogP contribution >= 0.6 is 0 Å². The molecule has 4 nitrogen and oxygen atoms in total. The van der Waals surface area contributed by atoms with Crippen molar-refractivity contribution < 1.29 is 19.4 Å². The Bertz CT molecular complexity index is 774. The summed E-state index contributed by atoms with van der Waals surface area (Å²) in [6, 6.07) is 6.40. The summed E-state index contributed by atoms with van der Waals surface area (Å²) in [5.74, 6) is -1.58. The molecule has 0 spiro atoms. The van der Waals surface area contributed by atoms with E-state index >= 15 is 0 Å². The summed E-state index contributed by atoms with van der Waals surface area (Å²) < 4.78 is 5.93. The monoisotopic (exact) mass is 586 g/mol. The number of carbonyl (C=O) groups is 2. The van der Waals surface area contributed by atoms with Gasteiger partial charge in [0.05, 0.1) is 11.1 Å². The van der Waals surface area contributed by atoms with Crippen LogP contribution in [-0.2, 0) is 4.74 Å². The molecule has 1 N–H and O–H groups in total. The molecule has 1 atom stereocenters. The van der Waals surface area contributed by atoms with Crippen molar-refractivity contribution in [2.45, 2.75) is 193 Å². The first-order chi connectivity index (χ1) is 20.6. The van der Waals surface area contributed by atoms with Crippen molar-refractivity contribution in [3.8, 4) is 0 Å². The molecule has 42 heavy (non-hydrogen) atoms. The van der Waals surface area contributed by atoms with E-state index < -0.39 is 11.9 Å². The number of esters is 1. The zero-order chi connectivity index (χ0) is 30.5. The highest BCUT2D eigenvalue weighted by Crippen LogP contribution is 2.20. The normalized spacial score (nSPS) is 12.0. The second kappa shape index (κ2) is 28.0. The van der Waals surface area contributed by atoms with Gasteiger partial charge in [-0.2, -0.15) is 0 Å². The van der Waals surface area contributed by atoms with E-state index in [1.54, 1.807) is 18.2 Å². The highest BCUT2D eigenvalue weighted by atomic mass is 16.5. The Kier molecular flexibility index (Phi) is 25.4. The molecule has 1 unspecified atom stereocenters. The summed E-state index contributed by atoms with van der Waals surface area (Å²) in [6.07, 6.45) is 34.5. The smallest absolute Gasteiger partial charge is 0.339 e. The van der Waals surface area contributed by atoms with Gasteiger partial charge in [0.25, 0.3) is 0 Å². The van der Waals surface area contributed by atoms with Crippen LogP contribution in [0, 0.1) is 0 Å². The van der Waals surface area contributed by atoms with Crippen molar-refractivity contribution in [3.63, 3.8) is 0 Å². The first kappa shape index (κ1) is 38.2. The van der Waals surface area contributed by atoms with Crippen molar-refractivity contribution in [1.29, 1.82) is 0 Å². The van der Waals surface area contributed by atoms with Crippen LogP contribution in [0.4, 0.5) is 0 Å². The molecule has 0 heterocycles. The van der Waals surface area contributed by atoms with Crippen LogP contribution in [0.5, 0.6) is 0 Å². The van der Waals surface area contributed by atoms with Crippen molar-refractivity contribution in [3.05, 3.63) is 35.4 Å². The number of aromatic carboxylic acids is 1. The lowest BCUT2D eigenvalue weighted by Gasteiger charge is -2.19. The third-order valence-electron chi connectivity index (χ3n) is 8.66. The molecule has 0 fully saturated rings. The zero-order valence-corrected chi connectivity index (χ0v) is 27.7. The molecular formula is C38H66O4. The SMILES string of the molecule is CCCCCCCCCCCCCCCCCC(CCCCCCCCCCCC)OC(=O)c1ccccc1C(=O)O. The number of carboxylic acid groups (broad SMARTS) is 1. The first-order valence-corrected chi connectivity index (χ1v) is 18.1. The number of rotatable bonds is 30. The number of benzene rings is 1. The Labute approximate surface area is 259 Å². The highest BCUT2D eigenvalue weighted by Gasteiger charge is 2.21. The van der Waals surface area contributed by atoms with Crippen LogP contribution in [0.1, 0.15) is 208 Å². The Morgan fingerprint density at radius 3 is 1.17 bits per heavy atom. The minimum atomic E-state index is -1.09. The molecular weight excluding hydrogens is 520 g/mol. The standard InChI is InChI=1S/C38H66O4/c1-3-5-7-9-11-13-15-16-17-18-19-21-23-25-27-31-34(30-26-24-22-20-14-12-10-8-6-4-2)42-38(41)36-33-29-28-32-35(36)37(39)40/h28-29,32-34H,3-27,30-31H2,1-2H3,(H,39,40). The van der Waals surface area contributed by atoms with E-state index in [4.69, 9.17) is 4.74 Å². The number of ether oxygens (including phenoxy) is 1. The molecule has 0 aliphatic carbocycles. The number of hydrogen-bond donors (Lipinski definition) is 1. The molecule has 1 aromatic rings. The number of carbonyl (C=O) groups excluding carboxylic acids is 1. The fourth-order valence-corrected chi connectivity index (χ4v) is 5.93. The maximum atomic E-state index is 12.9. The fourth-order valence-electron chi connectivity index (χ4n) is 5.93. The second-order valence-electron chi connectivity index (χ2n) is 12.6. The average molecular weight is 587 g/mol. The van der Waals surface area contributed by atoms with E-state index in [9.17, 15) is 14.7 Å². The third-order valence-corrected chi connectivity index (χ3v) is 8.66. The lowest BCUT2D eigenvalue weighted by molar-refractivity contribution is 0.0244. The van der Waals surface area contributed by atoms with E-state index in [1.165, 1.54) is 154 Å². The minimum Gasteiger partial charge on any atom is -0.478 e. The quantitative estimate of drug-likeness (QED) is 0.0719.